The Balaban J connectivity index is 3.36. The minimum atomic E-state index is -4.00. The van der Waals surface area contributed by atoms with Crippen molar-refractivity contribution >= 4 is 39.4 Å². The van der Waals surface area contributed by atoms with Gasteiger partial charge in [0.15, 0.2) is 0 Å². The van der Waals surface area contributed by atoms with Gasteiger partial charge in [-0.3, -0.25) is 0 Å². The summed E-state index contributed by atoms with van der Waals surface area (Å²) in [5.74, 6) is -2.02. The van der Waals surface area contributed by atoms with Crippen LogP contribution in [0.2, 0.25) is 5.02 Å². The molecule has 1 aromatic carbocycles. The van der Waals surface area contributed by atoms with Crippen LogP contribution in [0.1, 0.15) is 17.3 Å². The number of carboxylic acids is 1. The van der Waals surface area contributed by atoms with E-state index >= 15 is 0 Å². The van der Waals surface area contributed by atoms with Gasteiger partial charge in [-0.25, -0.2) is 17.6 Å². The first-order valence-corrected chi connectivity index (χ1v) is 9.03. The van der Waals surface area contributed by atoms with E-state index in [9.17, 15) is 17.6 Å². The summed E-state index contributed by atoms with van der Waals surface area (Å²) in [6, 6.07) is 1.27. The molecule has 0 saturated heterocycles. The summed E-state index contributed by atoms with van der Waals surface area (Å²) in [4.78, 5) is 10.6. The number of hydrogen-bond donors (Lipinski definition) is 1. The summed E-state index contributed by atoms with van der Waals surface area (Å²) in [5, 5.41) is 8.34. The van der Waals surface area contributed by atoms with Gasteiger partial charge in [0.05, 0.1) is 15.5 Å². The van der Waals surface area contributed by atoms with E-state index in [0.717, 1.165) is 16.4 Å². The first-order chi connectivity index (χ1) is 9.62. The minimum Gasteiger partial charge on any atom is -0.478 e. The van der Waals surface area contributed by atoms with Gasteiger partial charge in [-0.1, -0.05) is 11.6 Å². The number of thioether (sulfide) groups is 1. The molecule has 118 valence electrons. The minimum absolute atomic E-state index is 0.322. The SMILES string of the molecule is CSCC(C)N(C)S(=O)(=O)c1cc(F)c(Cl)c(C(=O)O)c1. The van der Waals surface area contributed by atoms with Gasteiger partial charge in [-0.15, -0.1) is 0 Å². The summed E-state index contributed by atoms with van der Waals surface area (Å²) < 4.78 is 39.5. The molecule has 5 nitrogen and oxygen atoms in total. The smallest absolute Gasteiger partial charge is 0.337 e. The zero-order chi connectivity index (χ0) is 16.4. The first kappa shape index (κ1) is 18.2. The molecule has 0 aromatic heterocycles. The first-order valence-electron chi connectivity index (χ1n) is 5.82. The molecule has 0 bridgehead atoms. The average Bonchev–Trinajstić information content (AvgIpc) is 2.40. The Kier molecular flexibility index (Phi) is 6.03. The second-order valence-electron chi connectivity index (χ2n) is 4.40. The number of rotatable bonds is 6. The van der Waals surface area contributed by atoms with Gasteiger partial charge < -0.3 is 5.11 Å². The van der Waals surface area contributed by atoms with Crippen molar-refractivity contribution in [1.82, 2.24) is 4.31 Å². The molecule has 0 amide bonds. The Morgan fingerprint density at radius 2 is 2.10 bits per heavy atom. The Hall–Kier alpha value is -0.830. The Labute approximate surface area is 132 Å². The highest BCUT2D eigenvalue weighted by Gasteiger charge is 2.28. The second kappa shape index (κ2) is 6.95. The maximum absolute atomic E-state index is 13.7. The molecule has 1 unspecified atom stereocenters. The van der Waals surface area contributed by atoms with Gasteiger partial charge in [-0.2, -0.15) is 16.1 Å². The Morgan fingerprint density at radius 3 is 2.57 bits per heavy atom. The molecule has 0 heterocycles. The Morgan fingerprint density at radius 1 is 1.52 bits per heavy atom. The molecule has 0 fully saturated rings. The summed E-state index contributed by atoms with van der Waals surface area (Å²) >= 11 is 7.00. The van der Waals surface area contributed by atoms with Gasteiger partial charge in [-0.05, 0) is 25.3 Å². The van der Waals surface area contributed by atoms with Crippen molar-refractivity contribution in [2.45, 2.75) is 17.9 Å². The third-order valence-electron chi connectivity index (χ3n) is 2.94. The van der Waals surface area contributed by atoms with Crippen molar-refractivity contribution in [2.24, 2.45) is 0 Å². The fourth-order valence-corrected chi connectivity index (χ4v) is 4.01. The lowest BCUT2D eigenvalue weighted by atomic mass is 10.2. The number of benzene rings is 1. The zero-order valence-electron chi connectivity index (χ0n) is 11.6. The van der Waals surface area contributed by atoms with Gasteiger partial charge in [0.1, 0.15) is 5.82 Å². The quantitative estimate of drug-likeness (QED) is 0.848. The molecule has 0 aliphatic heterocycles. The molecule has 1 rings (SSSR count). The van der Waals surface area contributed by atoms with Crippen molar-refractivity contribution in [3.05, 3.63) is 28.5 Å². The van der Waals surface area contributed by atoms with Crippen LogP contribution in [0, 0.1) is 5.82 Å². The van der Waals surface area contributed by atoms with Crippen LogP contribution in [0.25, 0.3) is 0 Å². The standard InChI is InChI=1S/C12H15ClFNO4S2/c1-7(6-20-3)15(2)21(18,19)8-4-9(12(16)17)11(13)10(14)5-8/h4-5,7H,6H2,1-3H3,(H,16,17). The molecule has 0 radical (unpaired) electrons. The number of carbonyl (C=O) groups is 1. The maximum atomic E-state index is 13.7. The molecule has 0 saturated carbocycles. The molecule has 0 spiro atoms. The number of aromatic carboxylic acids is 1. The largest absolute Gasteiger partial charge is 0.478 e. The van der Waals surface area contributed by atoms with Crippen molar-refractivity contribution in [3.63, 3.8) is 0 Å². The number of halogens is 2. The van der Waals surface area contributed by atoms with Crippen LogP contribution in [0.3, 0.4) is 0 Å². The highest BCUT2D eigenvalue weighted by atomic mass is 35.5. The van der Waals surface area contributed by atoms with E-state index in [1.54, 1.807) is 6.92 Å². The summed E-state index contributed by atoms with van der Waals surface area (Å²) in [5.41, 5.74) is -0.582. The van der Waals surface area contributed by atoms with Crippen molar-refractivity contribution in [1.29, 1.82) is 0 Å². The lowest BCUT2D eigenvalue weighted by Crippen LogP contribution is -2.36. The van der Waals surface area contributed by atoms with Crippen LogP contribution in [0.15, 0.2) is 17.0 Å². The molecule has 0 aliphatic rings. The number of hydrogen-bond acceptors (Lipinski definition) is 4. The molecule has 21 heavy (non-hydrogen) atoms. The Bertz CT molecular complexity index is 651. The lowest BCUT2D eigenvalue weighted by molar-refractivity contribution is 0.0696. The average molecular weight is 356 g/mol. The van der Waals surface area contributed by atoms with E-state index in [1.807, 2.05) is 6.26 Å². The van der Waals surface area contributed by atoms with Crippen LogP contribution in [0.4, 0.5) is 4.39 Å². The van der Waals surface area contributed by atoms with Crippen molar-refractivity contribution in [3.8, 4) is 0 Å². The second-order valence-corrected chi connectivity index (χ2v) is 7.68. The molecule has 1 N–H and O–H groups in total. The van der Waals surface area contributed by atoms with Crippen LogP contribution in [-0.2, 0) is 10.0 Å². The van der Waals surface area contributed by atoms with Gasteiger partial charge >= 0.3 is 5.97 Å². The fraction of sp³-hybridized carbons (Fsp3) is 0.417. The van der Waals surface area contributed by atoms with E-state index in [2.05, 4.69) is 0 Å². The van der Waals surface area contributed by atoms with E-state index < -0.39 is 37.3 Å². The van der Waals surface area contributed by atoms with Crippen molar-refractivity contribution < 1.29 is 22.7 Å². The highest BCUT2D eigenvalue weighted by molar-refractivity contribution is 7.98. The molecule has 1 atom stereocenters. The van der Waals surface area contributed by atoms with E-state index in [1.165, 1.54) is 18.8 Å². The predicted octanol–water partition coefficient (Wildman–Crippen LogP) is 2.55. The van der Waals surface area contributed by atoms with E-state index in [4.69, 9.17) is 16.7 Å². The predicted molar refractivity (Wildman–Crippen MR) is 81.2 cm³/mol. The lowest BCUT2D eigenvalue weighted by Gasteiger charge is -2.24. The summed E-state index contributed by atoms with van der Waals surface area (Å²) in [7, 11) is -2.63. The summed E-state index contributed by atoms with van der Waals surface area (Å²) in [6.45, 7) is 1.71. The third kappa shape index (κ3) is 3.88. The van der Waals surface area contributed by atoms with Crippen LogP contribution < -0.4 is 0 Å². The van der Waals surface area contributed by atoms with E-state index in [-0.39, 0.29) is 6.04 Å². The van der Waals surface area contributed by atoms with Gasteiger partial charge in [0.25, 0.3) is 0 Å². The van der Waals surface area contributed by atoms with Crippen molar-refractivity contribution in [2.75, 3.05) is 19.1 Å². The highest BCUT2D eigenvalue weighted by Crippen LogP contribution is 2.26. The monoisotopic (exact) mass is 355 g/mol. The number of nitrogens with zero attached hydrogens (tertiary/aromatic N) is 1. The molecular formula is C12H15ClFNO4S2. The molecule has 9 heteroatoms. The third-order valence-corrected chi connectivity index (χ3v) is 6.09. The van der Waals surface area contributed by atoms with Crippen LogP contribution in [0.5, 0.6) is 0 Å². The van der Waals surface area contributed by atoms with Crippen LogP contribution in [-0.4, -0.2) is 48.9 Å². The zero-order valence-corrected chi connectivity index (χ0v) is 14.0. The molecule has 0 aliphatic carbocycles. The van der Waals surface area contributed by atoms with E-state index in [0.29, 0.717) is 5.75 Å². The van der Waals surface area contributed by atoms with Crippen LogP contribution >= 0.6 is 23.4 Å². The normalized spacial score (nSPS) is 13.4. The molecular weight excluding hydrogens is 341 g/mol. The van der Waals surface area contributed by atoms with Gasteiger partial charge in [0.2, 0.25) is 10.0 Å². The topological polar surface area (TPSA) is 74.7 Å². The number of carboxylic acid groups (broad SMARTS) is 1. The summed E-state index contributed by atoms with van der Waals surface area (Å²) in [6.07, 6.45) is 1.83. The maximum Gasteiger partial charge on any atom is 0.337 e. The molecule has 1 aromatic rings. The number of sulfonamides is 1. The fourth-order valence-electron chi connectivity index (χ4n) is 1.62. The van der Waals surface area contributed by atoms with Gasteiger partial charge in [0, 0.05) is 18.8 Å².